The summed E-state index contributed by atoms with van der Waals surface area (Å²) in [5, 5.41) is 3.12. The van der Waals surface area contributed by atoms with E-state index in [1.54, 1.807) is 26.0 Å². The van der Waals surface area contributed by atoms with Crippen molar-refractivity contribution in [2.75, 3.05) is 0 Å². The third-order valence-corrected chi connectivity index (χ3v) is 6.36. The standard InChI is InChI=1S/C19H30N2O3S/c1-4-5-8-15-9-7-12-18(15)20-19(22)16-10-6-11-17(13-16)25(23,24)21-14(2)3/h6,10-11,13-15,18,21H,4-5,7-9,12H2,1-3H3,(H,20,22). The van der Waals surface area contributed by atoms with Gasteiger partial charge in [-0.15, -0.1) is 0 Å². The van der Waals surface area contributed by atoms with E-state index in [0.29, 0.717) is 11.5 Å². The monoisotopic (exact) mass is 366 g/mol. The Bertz CT molecular complexity index is 686. The fourth-order valence-corrected chi connectivity index (χ4v) is 4.77. The first kappa shape index (κ1) is 19.9. The second-order valence-electron chi connectivity index (χ2n) is 7.22. The molecule has 0 saturated heterocycles. The molecule has 1 aromatic carbocycles. The summed E-state index contributed by atoms with van der Waals surface area (Å²) in [5.41, 5.74) is 0.396. The summed E-state index contributed by atoms with van der Waals surface area (Å²) >= 11 is 0. The highest BCUT2D eigenvalue weighted by Crippen LogP contribution is 2.30. The first-order valence-corrected chi connectivity index (χ1v) is 10.7. The summed E-state index contributed by atoms with van der Waals surface area (Å²) < 4.78 is 27.1. The molecule has 140 valence electrons. The SMILES string of the molecule is CCCCC1CCCC1NC(=O)c1cccc(S(=O)(=O)NC(C)C)c1. The van der Waals surface area contributed by atoms with Crippen molar-refractivity contribution >= 4 is 15.9 Å². The molecule has 0 heterocycles. The largest absolute Gasteiger partial charge is 0.349 e. The number of hydrogen-bond donors (Lipinski definition) is 2. The minimum absolute atomic E-state index is 0.128. The van der Waals surface area contributed by atoms with Crippen LogP contribution in [-0.2, 0) is 10.0 Å². The van der Waals surface area contributed by atoms with Gasteiger partial charge in [0.1, 0.15) is 0 Å². The van der Waals surface area contributed by atoms with Crippen LogP contribution in [0.5, 0.6) is 0 Å². The molecule has 2 rings (SSSR count). The molecular weight excluding hydrogens is 336 g/mol. The summed E-state index contributed by atoms with van der Waals surface area (Å²) in [6.45, 7) is 5.72. The number of benzene rings is 1. The van der Waals surface area contributed by atoms with Crippen molar-refractivity contribution in [1.82, 2.24) is 10.0 Å². The van der Waals surface area contributed by atoms with E-state index in [1.807, 2.05) is 0 Å². The van der Waals surface area contributed by atoms with Gasteiger partial charge in [0.05, 0.1) is 4.90 Å². The van der Waals surface area contributed by atoms with E-state index in [4.69, 9.17) is 0 Å². The normalized spacial score (nSPS) is 20.8. The van der Waals surface area contributed by atoms with E-state index in [0.717, 1.165) is 25.7 Å². The number of amides is 1. The lowest BCUT2D eigenvalue weighted by molar-refractivity contribution is 0.0926. The molecule has 0 aliphatic heterocycles. The third kappa shape index (κ3) is 5.54. The van der Waals surface area contributed by atoms with E-state index in [-0.39, 0.29) is 22.9 Å². The van der Waals surface area contributed by atoms with Crippen LogP contribution in [0.1, 0.15) is 69.7 Å². The topological polar surface area (TPSA) is 75.3 Å². The average Bonchev–Trinajstić information content (AvgIpc) is 2.99. The zero-order valence-electron chi connectivity index (χ0n) is 15.4. The highest BCUT2D eigenvalue weighted by molar-refractivity contribution is 7.89. The third-order valence-electron chi connectivity index (χ3n) is 4.70. The van der Waals surface area contributed by atoms with Crippen molar-refractivity contribution in [2.45, 2.75) is 76.3 Å². The van der Waals surface area contributed by atoms with Crippen LogP contribution in [0, 0.1) is 5.92 Å². The maximum Gasteiger partial charge on any atom is 0.251 e. The number of rotatable bonds is 8. The lowest BCUT2D eigenvalue weighted by atomic mass is 9.96. The second kappa shape index (κ2) is 8.81. The Kier molecular flexibility index (Phi) is 7.02. The molecule has 1 amide bonds. The Hall–Kier alpha value is -1.40. The number of sulfonamides is 1. The molecule has 1 aliphatic rings. The van der Waals surface area contributed by atoms with Crippen LogP contribution in [0.2, 0.25) is 0 Å². The highest BCUT2D eigenvalue weighted by atomic mass is 32.2. The first-order valence-electron chi connectivity index (χ1n) is 9.26. The van der Waals surface area contributed by atoms with Crippen molar-refractivity contribution in [2.24, 2.45) is 5.92 Å². The summed E-state index contributed by atoms with van der Waals surface area (Å²) in [7, 11) is -3.60. The van der Waals surface area contributed by atoms with Crippen LogP contribution >= 0.6 is 0 Å². The maximum absolute atomic E-state index is 12.6. The molecule has 1 aliphatic carbocycles. The Balaban J connectivity index is 2.08. The molecule has 2 unspecified atom stereocenters. The van der Waals surface area contributed by atoms with Gasteiger partial charge in [0.15, 0.2) is 0 Å². The molecule has 6 heteroatoms. The van der Waals surface area contributed by atoms with Crippen LogP contribution in [0.25, 0.3) is 0 Å². The van der Waals surface area contributed by atoms with Gasteiger partial charge < -0.3 is 5.32 Å². The van der Waals surface area contributed by atoms with Gasteiger partial charge in [0.25, 0.3) is 5.91 Å². The van der Waals surface area contributed by atoms with Gasteiger partial charge in [0.2, 0.25) is 10.0 Å². The van der Waals surface area contributed by atoms with E-state index in [2.05, 4.69) is 17.0 Å². The number of hydrogen-bond acceptors (Lipinski definition) is 3. The van der Waals surface area contributed by atoms with E-state index < -0.39 is 10.0 Å². The van der Waals surface area contributed by atoms with Crippen molar-refractivity contribution in [1.29, 1.82) is 0 Å². The minimum atomic E-state index is -3.60. The zero-order chi connectivity index (χ0) is 18.4. The van der Waals surface area contributed by atoms with Gasteiger partial charge in [-0.2, -0.15) is 0 Å². The molecule has 1 saturated carbocycles. The summed E-state index contributed by atoms with van der Waals surface area (Å²) in [5.74, 6) is 0.355. The average molecular weight is 367 g/mol. The van der Waals surface area contributed by atoms with Crippen LogP contribution in [0.3, 0.4) is 0 Å². The van der Waals surface area contributed by atoms with Gasteiger partial charge in [0, 0.05) is 17.6 Å². The van der Waals surface area contributed by atoms with Gasteiger partial charge in [-0.1, -0.05) is 32.3 Å². The molecule has 2 N–H and O–H groups in total. The van der Waals surface area contributed by atoms with Crippen molar-refractivity contribution in [3.8, 4) is 0 Å². The predicted molar refractivity (Wildman–Crippen MR) is 100 cm³/mol. The Morgan fingerprint density at radius 2 is 2.04 bits per heavy atom. The highest BCUT2D eigenvalue weighted by Gasteiger charge is 2.28. The molecular formula is C19H30N2O3S. The minimum Gasteiger partial charge on any atom is -0.349 e. The van der Waals surface area contributed by atoms with Gasteiger partial charge >= 0.3 is 0 Å². The van der Waals surface area contributed by atoms with E-state index in [9.17, 15) is 13.2 Å². The van der Waals surface area contributed by atoms with Gasteiger partial charge in [-0.25, -0.2) is 13.1 Å². The molecule has 0 bridgehead atoms. The Labute approximate surface area is 151 Å². The summed E-state index contributed by atoms with van der Waals surface area (Å²) in [4.78, 5) is 12.7. The summed E-state index contributed by atoms with van der Waals surface area (Å²) in [6, 6.07) is 6.26. The van der Waals surface area contributed by atoms with Crippen molar-refractivity contribution in [3.05, 3.63) is 29.8 Å². The quantitative estimate of drug-likeness (QED) is 0.740. The van der Waals surface area contributed by atoms with Crippen molar-refractivity contribution < 1.29 is 13.2 Å². The second-order valence-corrected chi connectivity index (χ2v) is 8.93. The molecule has 5 nitrogen and oxygen atoms in total. The molecule has 0 radical (unpaired) electrons. The smallest absolute Gasteiger partial charge is 0.251 e. The number of carbonyl (C=O) groups is 1. The Morgan fingerprint density at radius 3 is 2.72 bits per heavy atom. The first-order chi connectivity index (χ1) is 11.8. The fraction of sp³-hybridized carbons (Fsp3) is 0.632. The van der Waals surface area contributed by atoms with E-state index >= 15 is 0 Å². The molecule has 1 aromatic rings. The lowest BCUT2D eigenvalue weighted by Crippen LogP contribution is -2.37. The zero-order valence-corrected chi connectivity index (χ0v) is 16.2. The van der Waals surface area contributed by atoms with Crippen LogP contribution < -0.4 is 10.0 Å². The van der Waals surface area contributed by atoms with Crippen LogP contribution in [0.15, 0.2) is 29.2 Å². The van der Waals surface area contributed by atoms with Crippen molar-refractivity contribution in [3.63, 3.8) is 0 Å². The van der Waals surface area contributed by atoms with Gasteiger partial charge in [-0.3, -0.25) is 4.79 Å². The molecule has 2 atom stereocenters. The van der Waals surface area contributed by atoms with E-state index in [1.165, 1.54) is 25.0 Å². The van der Waals surface area contributed by atoms with Gasteiger partial charge in [-0.05, 0) is 57.2 Å². The maximum atomic E-state index is 12.6. The molecule has 0 aromatic heterocycles. The number of unbranched alkanes of at least 4 members (excludes halogenated alkanes) is 1. The van der Waals surface area contributed by atoms with Crippen LogP contribution in [-0.4, -0.2) is 26.4 Å². The molecule has 25 heavy (non-hydrogen) atoms. The molecule has 1 fully saturated rings. The fourth-order valence-electron chi connectivity index (χ4n) is 3.47. The lowest BCUT2D eigenvalue weighted by Gasteiger charge is -2.21. The summed E-state index contributed by atoms with van der Waals surface area (Å²) in [6.07, 6.45) is 6.82. The molecule has 0 spiro atoms. The Morgan fingerprint density at radius 1 is 1.28 bits per heavy atom. The number of nitrogens with one attached hydrogen (secondary N) is 2. The number of carbonyl (C=O) groups excluding carboxylic acids is 1. The predicted octanol–water partition coefficient (Wildman–Crippen LogP) is 3.46. The van der Waals surface area contributed by atoms with Crippen LogP contribution in [0.4, 0.5) is 0 Å².